The molecule has 0 atom stereocenters. The van der Waals surface area contributed by atoms with E-state index in [4.69, 9.17) is 0 Å². The summed E-state index contributed by atoms with van der Waals surface area (Å²) in [5, 5.41) is 0. The van der Waals surface area contributed by atoms with Crippen LogP contribution in [0.5, 0.6) is 0 Å². The van der Waals surface area contributed by atoms with Gasteiger partial charge in [-0.3, -0.25) is 0 Å². The quantitative estimate of drug-likeness (QED) is 0.588. The van der Waals surface area contributed by atoms with Crippen molar-refractivity contribution in [2.75, 3.05) is 0 Å². The summed E-state index contributed by atoms with van der Waals surface area (Å²) in [6, 6.07) is 0. The molecule has 1 aliphatic rings. The third-order valence-electron chi connectivity index (χ3n) is 2.88. The van der Waals surface area contributed by atoms with E-state index >= 15 is 0 Å². The van der Waals surface area contributed by atoms with Crippen LogP contribution in [0.15, 0.2) is 0 Å². The molecule has 0 saturated carbocycles. The fourth-order valence-corrected chi connectivity index (χ4v) is 1.44. The Morgan fingerprint density at radius 3 is 0.727 bits per heavy atom. The minimum absolute atomic E-state index is 0.386. The van der Waals surface area contributed by atoms with Gasteiger partial charge in [0.05, 0.1) is 21.7 Å². The molecule has 1 aliphatic carbocycles. The molecular weight excluding hydrogens is 264 g/mol. The Bertz CT molecular complexity index is 690. The maximum atomic E-state index is 3.26. The maximum Gasteiger partial charge on any atom is 0.0873 e. The molecule has 0 saturated heterocycles. The van der Waals surface area contributed by atoms with E-state index in [0.717, 1.165) is 0 Å². The van der Waals surface area contributed by atoms with Gasteiger partial charge in [-0.15, -0.1) is 0 Å². The van der Waals surface area contributed by atoms with Gasteiger partial charge in [0.25, 0.3) is 0 Å². The van der Waals surface area contributed by atoms with Crippen molar-refractivity contribution in [3.63, 3.8) is 0 Å². The van der Waals surface area contributed by atoms with Gasteiger partial charge >= 0.3 is 0 Å². The van der Waals surface area contributed by atoms with E-state index in [1.54, 1.807) is 0 Å². The first-order valence-corrected chi connectivity index (χ1v) is 7.50. The highest BCUT2D eigenvalue weighted by Crippen LogP contribution is 2.20. The molecule has 0 radical (unpaired) electrons. The molecule has 0 N–H and O–H groups in total. The van der Waals surface area contributed by atoms with Crippen LogP contribution in [-0.4, -0.2) is 0 Å². The summed E-state index contributed by atoms with van der Waals surface area (Å²) in [5.41, 5.74) is -1.57. The van der Waals surface area contributed by atoms with Gasteiger partial charge in [-0.25, -0.2) is 0 Å². The van der Waals surface area contributed by atoms with Crippen LogP contribution in [0.4, 0.5) is 0 Å². The fourth-order valence-electron chi connectivity index (χ4n) is 1.44. The predicted molar refractivity (Wildman–Crippen MR) is 94.0 cm³/mol. The van der Waals surface area contributed by atoms with Crippen molar-refractivity contribution in [3.05, 3.63) is 0 Å². The van der Waals surface area contributed by atoms with Gasteiger partial charge < -0.3 is 0 Å². The Morgan fingerprint density at radius 1 is 0.318 bits per heavy atom. The van der Waals surface area contributed by atoms with Crippen LogP contribution in [0.25, 0.3) is 0 Å². The van der Waals surface area contributed by atoms with Crippen molar-refractivity contribution < 1.29 is 0 Å². The SMILES string of the molecule is CC1(C)C#CC#CC(C)(C)C#CC(C)(C)C#CC(C)(C)C#C1. The van der Waals surface area contributed by atoms with Crippen molar-refractivity contribution >= 4 is 0 Å². The van der Waals surface area contributed by atoms with Crippen LogP contribution in [0.2, 0.25) is 0 Å². The van der Waals surface area contributed by atoms with Crippen LogP contribution >= 0.6 is 0 Å². The minimum atomic E-state index is -0.400. The van der Waals surface area contributed by atoms with Crippen LogP contribution in [0.3, 0.4) is 0 Å². The number of hydrogen-bond donors (Lipinski definition) is 0. The monoisotopic (exact) mass is 288 g/mol. The molecular formula is C22H24. The van der Waals surface area contributed by atoms with E-state index in [1.165, 1.54) is 0 Å². The third-order valence-corrected chi connectivity index (χ3v) is 2.88. The van der Waals surface area contributed by atoms with Crippen molar-refractivity contribution in [2.24, 2.45) is 21.7 Å². The molecule has 0 amide bonds. The smallest absolute Gasteiger partial charge is 0.0824 e. The minimum Gasteiger partial charge on any atom is -0.0824 e. The Labute approximate surface area is 136 Å². The van der Waals surface area contributed by atoms with Crippen molar-refractivity contribution in [1.29, 1.82) is 0 Å². The van der Waals surface area contributed by atoms with E-state index in [-0.39, 0.29) is 10.8 Å². The van der Waals surface area contributed by atoms with Crippen LogP contribution in [-0.2, 0) is 0 Å². The highest BCUT2D eigenvalue weighted by Gasteiger charge is 2.18. The lowest BCUT2D eigenvalue weighted by Gasteiger charge is -2.15. The van der Waals surface area contributed by atoms with Gasteiger partial charge in [0.1, 0.15) is 0 Å². The zero-order chi connectivity index (χ0) is 17.1. The molecule has 0 heteroatoms. The van der Waals surface area contributed by atoms with Crippen molar-refractivity contribution in [3.8, 4) is 59.2 Å². The molecule has 0 bridgehead atoms. The number of rotatable bonds is 0. The van der Waals surface area contributed by atoms with Crippen molar-refractivity contribution in [2.45, 2.75) is 55.4 Å². The Morgan fingerprint density at radius 2 is 0.500 bits per heavy atom. The standard InChI is InChI=1S/C22H24/c1-19(2)11-9-10-12-20(3,4)14-16-22(7,8)18-17-21(5,6)15-13-19/h1-8H3. The molecule has 0 spiro atoms. The van der Waals surface area contributed by atoms with Crippen LogP contribution in [0.1, 0.15) is 55.4 Å². The fraction of sp³-hybridized carbons (Fsp3) is 0.545. The molecule has 0 aromatic carbocycles. The molecule has 1 rings (SSSR count). The molecule has 0 aliphatic heterocycles. The lowest BCUT2D eigenvalue weighted by atomic mass is 9.86. The van der Waals surface area contributed by atoms with Gasteiger partial charge in [0, 0.05) is 0 Å². The van der Waals surface area contributed by atoms with Crippen LogP contribution in [0, 0.1) is 80.9 Å². The summed E-state index contributed by atoms with van der Waals surface area (Å²) in [7, 11) is 0. The zero-order valence-corrected chi connectivity index (χ0v) is 15.0. The summed E-state index contributed by atoms with van der Waals surface area (Å²) >= 11 is 0. The normalized spacial score (nSPS) is 22.2. The molecule has 0 heterocycles. The first-order valence-electron chi connectivity index (χ1n) is 7.50. The average molecular weight is 288 g/mol. The third kappa shape index (κ3) is 6.50. The van der Waals surface area contributed by atoms with Gasteiger partial charge in [-0.1, -0.05) is 47.4 Å². The van der Waals surface area contributed by atoms with Gasteiger partial charge in [0.2, 0.25) is 0 Å². The second-order valence-electron chi connectivity index (χ2n) is 7.75. The Balaban J connectivity index is 3.50. The second kappa shape index (κ2) is 5.89. The zero-order valence-electron chi connectivity index (χ0n) is 15.0. The highest BCUT2D eigenvalue weighted by molar-refractivity contribution is 5.40. The lowest BCUT2D eigenvalue weighted by molar-refractivity contribution is 0.636. The summed E-state index contributed by atoms with van der Waals surface area (Å²) in [5.74, 6) is 31.5. The molecule has 22 heavy (non-hydrogen) atoms. The Hall–Kier alpha value is -2.20. The average Bonchev–Trinajstić information content (AvgIpc) is 2.38. The van der Waals surface area contributed by atoms with Gasteiger partial charge in [-0.05, 0) is 67.2 Å². The lowest BCUT2D eigenvalue weighted by Crippen LogP contribution is -2.13. The Kier molecular flexibility index (Phi) is 4.78. The highest BCUT2D eigenvalue weighted by atomic mass is 14.2. The van der Waals surface area contributed by atoms with Crippen LogP contribution < -0.4 is 0 Å². The molecule has 112 valence electrons. The maximum absolute atomic E-state index is 3.26. The van der Waals surface area contributed by atoms with Crippen molar-refractivity contribution in [1.82, 2.24) is 0 Å². The van der Waals surface area contributed by atoms with E-state index in [1.807, 2.05) is 55.4 Å². The molecule has 0 aromatic heterocycles. The second-order valence-corrected chi connectivity index (χ2v) is 7.75. The molecule has 0 aromatic rings. The topological polar surface area (TPSA) is 0 Å². The van der Waals surface area contributed by atoms with Gasteiger partial charge in [0.15, 0.2) is 0 Å². The summed E-state index contributed by atoms with van der Waals surface area (Å²) < 4.78 is 0. The van der Waals surface area contributed by atoms with E-state index in [9.17, 15) is 0 Å². The molecule has 0 fully saturated rings. The largest absolute Gasteiger partial charge is 0.0873 e. The molecule has 0 unspecified atom stereocenters. The van der Waals surface area contributed by atoms with E-state index in [2.05, 4.69) is 59.2 Å². The van der Waals surface area contributed by atoms with E-state index in [0.29, 0.717) is 0 Å². The van der Waals surface area contributed by atoms with Gasteiger partial charge in [-0.2, -0.15) is 0 Å². The summed E-state index contributed by atoms with van der Waals surface area (Å²) in [6.45, 7) is 16.1. The summed E-state index contributed by atoms with van der Waals surface area (Å²) in [6.07, 6.45) is 0. The summed E-state index contributed by atoms with van der Waals surface area (Å²) in [4.78, 5) is 0. The first-order chi connectivity index (χ1) is 9.83. The predicted octanol–water partition coefficient (Wildman–Crippen LogP) is 4.12. The first kappa shape index (κ1) is 17.9. The number of hydrogen-bond acceptors (Lipinski definition) is 0. The molecule has 0 nitrogen and oxygen atoms in total. The van der Waals surface area contributed by atoms with E-state index < -0.39 is 10.8 Å².